The number of nitrogens with zero attached hydrogens (tertiary/aromatic N) is 3. The molecular weight excluding hydrogens is 294 g/mol. The van der Waals surface area contributed by atoms with Gasteiger partial charge in [-0.25, -0.2) is 4.98 Å². The third-order valence-electron chi connectivity index (χ3n) is 5.46. The molecule has 4 nitrogen and oxygen atoms in total. The van der Waals surface area contributed by atoms with Gasteiger partial charge in [0.2, 0.25) is 5.91 Å². The van der Waals surface area contributed by atoms with Crippen LogP contribution in [-0.2, 0) is 4.79 Å². The third kappa shape index (κ3) is 2.92. The molecule has 120 valence electrons. The molecule has 2 heterocycles. The van der Waals surface area contributed by atoms with Crippen molar-refractivity contribution in [3.05, 3.63) is 12.4 Å². The smallest absolute Gasteiger partial charge is 0.233 e. The average molecular weight is 319 g/mol. The van der Waals surface area contributed by atoms with Crippen molar-refractivity contribution in [3.63, 3.8) is 0 Å². The van der Waals surface area contributed by atoms with Crippen molar-refractivity contribution >= 4 is 17.7 Å². The number of thioether (sulfide) groups is 1. The lowest BCUT2D eigenvalue weighted by Crippen LogP contribution is -2.50. The zero-order chi connectivity index (χ0) is 14.9. The molecule has 3 aliphatic rings. The highest BCUT2D eigenvalue weighted by Gasteiger charge is 2.35. The van der Waals surface area contributed by atoms with Crippen molar-refractivity contribution < 1.29 is 4.79 Å². The molecule has 3 fully saturated rings. The minimum Gasteiger partial charge on any atom is -0.339 e. The standard InChI is InChI=1S/C17H25N3OS/c21-16(12-22-17-18-9-11-19(17)14-7-8-14)20-10-3-5-13-4-1-2-6-15(13)20/h9,11,13-15H,1-8,10,12H2/t13-,15-/m1/s1. The first-order chi connectivity index (χ1) is 10.8. The largest absolute Gasteiger partial charge is 0.339 e. The maximum Gasteiger partial charge on any atom is 0.233 e. The summed E-state index contributed by atoms with van der Waals surface area (Å²) in [5, 5.41) is 1.02. The molecule has 0 N–H and O–H groups in total. The zero-order valence-electron chi connectivity index (χ0n) is 13.1. The quantitative estimate of drug-likeness (QED) is 0.797. The van der Waals surface area contributed by atoms with E-state index >= 15 is 0 Å². The van der Waals surface area contributed by atoms with Crippen molar-refractivity contribution in [2.24, 2.45) is 5.92 Å². The maximum atomic E-state index is 12.7. The van der Waals surface area contributed by atoms with Gasteiger partial charge >= 0.3 is 0 Å². The zero-order valence-corrected chi connectivity index (χ0v) is 13.9. The van der Waals surface area contributed by atoms with Crippen LogP contribution in [0.4, 0.5) is 0 Å². The van der Waals surface area contributed by atoms with Crippen LogP contribution in [-0.4, -0.2) is 38.7 Å². The number of imidazole rings is 1. The number of hydrogen-bond acceptors (Lipinski definition) is 3. The Morgan fingerprint density at radius 3 is 2.86 bits per heavy atom. The fourth-order valence-electron chi connectivity index (χ4n) is 4.19. The number of carbonyl (C=O) groups is 1. The van der Waals surface area contributed by atoms with Gasteiger partial charge in [-0.15, -0.1) is 0 Å². The van der Waals surface area contributed by atoms with Crippen LogP contribution in [0.3, 0.4) is 0 Å². The number of hydrogen-bond donors (Lipinski definition) is 0. The predicted octanol–water partition coefficient (Wildman–Crippen LogP) is 3.49. The highest BCUT2D eigenvalue weighted by Crippen LogP contribution is 2.38. The van der Waals surface area contributed by atoms with Gasteiger partial charge in [0.05, 0.1) is 5.75 Å². The van der Waals surface area contributed by atoms with Crippen LogP contribution < -0.4 is 0 Å². The number of rotatable bonds is 4. The van der Waals surface area contributed by atoms with Crippen LogP contribution in [0.15, 0.2) is 17.6 Å². The Kier molecular flexibility index (Phi) is 4.16. The average Bonchev–Trinajstić information content (AvgIpc) is 3.30. The highest BCUT2D eigenvalue weighted by atomic mass is 32.2. The highest BCUT2D eigenvalue weighted by molar-refractivity contribution is 7.99. The molecule has 4 rings (SSSR count). The molecule has 1 aromatic rings. The summed E-state index contributed by atoms with van der Waals surface area (Å²) in [5.74, 6) is 1.64. The van der Waals surface area contributed by atoms with E-state index in [9.17, 15) is 4.79 Å². The molecule has 1 amide bonds. The van der Waals surface area contributed by atoms with Crippen molar-refractivity contribution in [3.8, 4) is 0 Å². The first-order valence-electron chi connectivity index (χ1n) is 8.78. The first-order valence-corrected chi connectivity index (χ1v) is 9.76. The van der Waals surface area contributed by atoms with Gasteiger partial charge < -0.3 is 9.47 Å². The van der Waals surface area contributed by atoms with E-state index in [-0.39, 0.29) is 0 Å². The summed E-state index contributed by atoms with van der Waals surface area (Å²) in [6.45, 7) is 0.970. The number of amides is 1. The number of carbonyl (C=O) groups excluding carboxylic acids is 1. The van der Waals surface area contributed by atoms with Crippen LogP contribution in [0.25, 0.3) is 0 Å². The van der Waals surface area contributed by atoms with Gasteiger partial charge in [-0.1, -0.05) is 24.6 Å². The molecule has 1 aromatic heterocycles. The Morgan fingerprint density at radius 2 is 2.00 bits per heavy atom. The van der Waals surface area contributed by atoms with Crippen LogP contribution >= 0.6 is 11.8 Å². The molecule has 22 heavy (non-hydrogen) atoms. The van der Waals surface area contributed by atoms with Crippen molar-refractivity contribution in [2.75, 3.05) is 12.3 Å². The topological polar surface area (TPSA) is 38.1 Å². The Labute approximate surface area is 136 Å². The van der Waals surface area contributed by atoms with E-state index < -0.39 is 0 Å². The Hall–Kier alpha value is -0.970. The minimum atomic E-state index is 0.326. The van der Waals surface area contributed by atoms with Crippen LogP contribution in [0, 0.1) is 5.92 Å². The SMILES string of the molecule is O=C(CSc1nccn1C1CC1)N1CCC[C@H]2CCCC[C@H]21. The lowest BCUT2D eigenvalue weighted by molar-refractivity contribution is -0.134. The second-order valence-electron chi connectivity index (χ2n) is 6.98. The lowest BCUT2D eigenvalue weighted by atomic mass is 9.78. The van der Waals surface area contributed by atoms with E-state index in [1.165, 1.54) is 51.4 Å². The number of fused-ring (bicyclic) bond motifs is 1. The second kappa shape index (κ2) is 6.26. The normalized spacial score (nSPS) is 28.5. The van der Waals surface area contributed by atoms with Gasteiger partial charge in [-0.05, 0) is 44.4 Å². The summed E-state index contributed by atoms with van der Waals surface area (Å²) in [5.41, 5.74) is 0. The molecular formula is C17H25N3OS. The number of likely N-dealkylation sites (tertiary alicyclic amines) is 1. The van der Waals surface area contributed by atoms with E-state index in [2.05, 4.69) is 20.6 Å². The summed E-state index contributed by atoms with van der Waals surface area (Å²) < 4.78 is 2.25. The Balaban J connectivity index is 1.37. The Morgan fingerprint density at radius 1 is 1.18 bits per heavy atom. The third-order valence-corrected chi connectivity index (χ3v) is 6.43. The van der Waals surface area contributed by atoms with Crippen molar-refractivity contribution in [1.82, 2.24) is 14.5 Å². The molecule has 5 heteroatoms. The molecule has 2 atom stereocenters. The van der Waals surface area contributed by atoms with E-state index in [0.29, 0.717) is 23.7 Å². The lowest BCUT2D eigenvalue weighted by Gasteiger charge is -2.44. The molecule has 0 bridgehead atoms. The summed E-state index contributed by atoms with van der Waals surface area (Å²) >= 11 is 1.62. The first kappa shape index (κ1) is 14.6. The van der Waals surface area contributed by atoms with E-state index in [0.717, 1.165) is 17.6 Å². The molecule has 0 aromatic carbocycles. The van der Waals surface area contributed by atoms with E-state index in [1.54, 1.807) is 11.8 Å². The fraction of sp³-hybridized carbons (Fsp3) is 0.765. The fourth-order valence-corrected chi connectivity index (χ4v) is 5.10. The number of aromatic nitrogens is 2. The van der Waals surface area contributed by atoms with Crippen LogP contribution in [0.1, 0.15) is 57.4 Å². The van der Waals surface area contributed by atoms with Gasteiger partial charge in [0.15, 0.2) is 5.16 Å². The molecule has 2 aliphatic carbocycles. The monoisotopic (exact) mass is 319 g/mol. The molecule has 2 saturated carbocycles. The maximum absolute atomic E-state index is 12.7. The van der Waals surface area contributed by atoms with Gasteiger partial charge in [-0.2, -0.15) is 0 Å². The minimum absolute atomic E-state index is 0.326. The summed E-state index contributed by atoms with van der Waals surface area (Å²) in [7, 11) is 0. The molecule has 1 saturated heterocycles. The van der Waals surface area contributed by atoms with Gasteiger partial charge in [0.25, 0.3) is 0 Å². The van der Waals surface area contributed by atoms with Gasteiger partial charge in [-0.3, -0.25) is 4.79 Å². The van der Waals surface area contributed by atoms with Gasteiger partial charge in [0.1, 0.15) is 0 Å². The number of piperidine rings is 1. The van der Waals surface area contributed by atoms with Crippen molar-refractivity contribution in [1.29, 1.82) is 0 Å². The summed E-state index contributed by atoms with van der Waals surface area (Å²) in [6, 6.07) is 1.16. The second-order valence-corrected chi connectivity index (χ2v) is 7.92. The van der Waals surface area contributed by atoms with Crippen LogP contribution in [0.2, 0.25) is 0 Å². The van der Waals surface area contributed by atoms with E-state index in [1.807, 2.05) is 6.20 Å². The van der Waals surface area contributed by atoms with Crippen molar-refractivity contribution in [2.45, 2.75) is 68.6 Å². The van der Waals surface area contributed by atoms with Crippen LogP contribution in [0.5, 0.6) is 0 Å². The summed E-state index contributed by atoms with van der Waals surface area (Å²) in [4.78, 5) is 19.3. The predicted molar refractivity (Wildman–Crippen MR) is 87.9 cm³/mol. The molecule has 1 aliphatic heterocycles. The van der Waals surface area contributed by atoms with Gasteiger partial charge in [0, 0.05) is 31.0 Å². The molecule has 0 radical (unpaired) electrons. The van der Waals surface area contributed by atoms with E-state index in [4.69, 9.17) is 0 Å². The summed E-state index contributed by atoms with van der Waals surface area (Å²) in [6.07, 6.45) is 14.2. The molecule has 0 spiro atoms. The molecule has 0 unspecified atom stereocenters. The Bertz CT molecular complexity index is 538.